The lowest BCUT2D eigenvalue weighted by Gasteiger charge is -2.04. The molecule has 1 unspecified atom stereocenters. The molecule has 0 aliphatic rings. The van der Waals surface area contributed by atoms with Crippen LogP contribution in [-0.4, -0.2) is 18.6 Å². The lowest BCUT2D eigenvalue weighted by Crippen LogP contribution is -2.15. The van der Waals surface area contributed by atoms with Crippen molar-refractivity contribution >= 4 is 5.97 Å². The zero-order chi connectivity index (χ0) is 10.3. The molecule has 2 N–H and O–H groups in total. The molecule has 0 aliphatic heterocycles. The molecule has 13 heavy (non-hydrogen) atoms. The molecular formula is C10H19NO2. The Morgan fingerprint density at radius 2 is 2.23 bits per heavy atom. The number of carbonyl (C=O) groups is 1. The highest BCUT2D eigenvalue weighted by molar-refractivity contribution is 5.87. The Bertz CT molecular complexity index is 185. The smallest absolute Gasteiger partial charge is 0.333 e. The fourth-order valence-corrected chi connectivity index (χ4v) is 0.885. The summed E-state index contributed by atoms with van der Waals surface area (Å²) in [5.74, 6) is -0.259. The lowest BCUT2D eigenvalue weighted by atomic mass is 10.2. The molecule has 0 radical (unpaired) electrons. The van der Waals surface area contributed by atoms with E-state index < -0.39 is 0 Å². The van der Waals surface area contributed by atoms with Gasteiger partial charge in [-0.05, 0) is 20.3 Å². The summed E-state index contributed by atoms with van der Waals surface area (Å²) in [5.41, 5.74) is 6.09. The van der Waals surface area contributed by atoms with Crippen molar-refractivity contribution in [3.05, 3.63) is 11.6 Å². The van der Waals surface area contributed by atoms with Crippen molar-refractivity contribution in [3.63, 3.8) is 0 Å². The molecule has 0 heterocycles. The van der Waals surface area contributed by atoms with Gasteiger partial charge >= 0.3 is 5.97 Å². The van der Waals surface area contributed by atoms with Gasteiger partial charge in [-0.1, -0.05) is 19.4 Å². The maximum Gasteiger partial charge on any atom is 0.333 e. The van der Waals surface area contributed by atoms with E-state index in [2.05, 4.69) is 6.92 Å². The molecule has 1 atom stereocenters. The summed E-state index contributed by atoms with van der Waals surface area (Å²) in [6, 6.07) is -0.0984. The van der Waals surface area contributed by atoms with E-state index in [4.69, 9.17) is 10.5 Å². The number of hydrogen-bond donors (Lipinski definition) is 1. The summed E-state index contributed by atoms with van der Waals surface area (Å²) in [7, 11) is 0. The van der Waals surface area contributed by atoms with Crippen LogP contribution < -0.4 is 5.73 Å². The summed E-state index contributed by atoms with van der Waals surface area (Å²) in [6.45, 7) is 6.10. The van der Waals surface area contributed by atoms with Gasteiger partial charge < -0.3 is 10.5 Å². The Morgan fingerprint density at radius 3 is 2.69 bits per heavy atom. The Kier molecular flexibility index (Phi) is 6.24. The van der Waals surface area contributed by atoms with Crippen molar-refractivity contribution in [2.75, 3.05) is 6.61 Å². The third-order valence-corrected chi connectivity index (χ3v) is 1.57. The van der Waals surface area contributed by atoms with Crippen molar-refractivity contribution in [1.82, 2.24) is 0 Å². The topological polar surface area (TPSA) is 52.3 Å². The van der Waals surface area contributed by atoms with Gasteiger partial charge in [-0.2, -0.15) is 0 Å². The van der Waals surface area contributed by atoms with Crippen LogP contribution in [0.3, 0.4) is 0 Å². The van der Waals surface area contributed by atoms with Gasteiger partial charge in [0.15, 0.2) is 0 Å². The van der Waals surface area contributed by atoms with E-state index in [1.165, 1.54) is 0 Å². The third-order valence-electron chi connectivity index (χ3n) is 1.57. The van der Waals surface area contributed by atoms with Crippen LogP contribution in [0.1, 0.15) is 33.6 Å². The molecule has 0 aromatic rings. The maximum atomic E-state index is 11.2. The lowest BCUT2D eigenvalue weighted by molar-refractivity contribution is -0.139. The van der Waals surface area contributed by atoms with Crippen molar-refractivity contribution in [2.24, 2.45) is 5.73 Å². The van der Waals surface area contributed by atoms with Gasteiger partial charge in [0.05, 0.1) is 6.61 Å². The number of carbonyl (C=O) groups excluding carboxylic acids is 1. The number of unbranched alkanes of at least 4 members (excludes halogenated alkanes) is 1. The fraction of sp³-hybridized carbons (Fsp3) is 0.700. The number of nitrogens with two attached hydrogens (primary N) is 1. The average molecular weight is 185 g/mol. The molecule has 0 aromatic heterocycles. The predicted molar refractivity (Wildman–Crippen MR) is 53.3 cm³/mol. The minimum absolute atomic E-state index is 0.0984. The zero-order valence-electron chi connectivity index (χ0n) is 8.67. The minimum atomic E-state index is -0.259. The summed E-state index contributed by atoms with van der Waals surface area (Å²) in [5, 5.41) is 0. The van der Waals surface area contributed by atoms with E-state index in [1.807, 2.05) is 6.92 Å². The number of hydrogen-bond acceptors (Lipinski definition) is 3. The SMILES string of the molecule is CCCCOC(=O)C(C)=CC(C)N. The van der Waals surface area contributed by atoms with E-state index in [-0.39, 0.29) is 12.0 Å². The summed E-state index contributed by atoms with van der Waals surface area (Å²) >= 11 is 0. The Hall–Kier alpha value is -0.830. The molecule has 0 saturated carbocycles. The first kappa shape index (κ1) is 12.2. The zero-order valence-corrected chi connectivity index (χ0v) is 8.67. The Labute approximate surface area is 79.9 Å². The van der Waals surface area contributed by atoms with Crippen molar-refractivity contribution in [3.8, 4) is 0 Å². The molecule has 3 nitrogen and oxygen atoms in total. The second-order valence-electron chi connectivity index (χ2n) is 3.20. The monoisotopic (exact) mass is 185 g/mol. The van der Waals surface area contributed by atoms with Crippen molar-refractivity contribution in [2.45, 2.75) is 39.7 Å². The normalized spacial score (nSPS) is 14.0. The minimum Gasteiger partial charge on any atom is -0.462 e. The van der Waals surface area contributed by atoms with Crippen LogP contribution in [0.15, 0.2) is 11.6 Å². The second-order valence-corrected chi connectivity index (χ2v) is 3.20. The third kappa shape index (κ3) is 6.34. The molecule has 0 bridgehead atoms. The van der Waals surface area contributed by atoms with Gasteiger partial charge in [0.1, 0.15) is 0 Å². The van der Waals surface area contributed by atoms with Crippen molar-refractivity contribution in [1.29, 1.82) is 0 Å². The van der Waals surface area contributed by atoms with Crippen LogP contribution in [0, 0.1) is 0 Å². The highest BCUT2D eigenvalue weighted by Crippen LogP contribution is 1.99. The first-order valence-corrected chi connectivity index (χ1v) is 4.69. The fourth-order valence-electron chi connectivity index (χ4n) is 0.885. The summed E-state index contributed by atoms with van der Waals surface area (Å²) < 4.78 is 4.98. The standard InChI is InChI=1S/C10H19NO2/c1-4-5-6-13-10(12)8(2)7-9(3)11/h7,9H,4-6,11H2,1-3H3. The summed E-state index contributed by atoms with van der Waals surface area (Å²) in [4.78, 5) is 11.2. The number of ether oxygens (including phenoxy) is 1. The predicted octanol–water partition coefficient (Wildman–Crippen LogP) is 1.62. The van der Waals surface area contributed by atoms with E-state index >= 15 is 0 Å². The quantitative estimate of drug-likeness (QED) is 0.402. The maximum absolute atomic E-state index is 11.2. The van der Waals surface area contributed by atoms with Crippen LogP contribution in [-0.2, 0) is 9.53 Å². The molecule has 0 aliphatic carbocycles. The molecule has 0 saturated heterocycles. The van der Waals surface area contributed by atoms with E-state index in [0.717, 1.165) is 12.8 Å². The Balaban J connectivity index is 3.83. The molecule has 0 amide bonds. The van der Waals surface area contributed by atoms with Crippen molar-refractivity contribution < 1.29 is 9.53 Å². The molecule has 76 valence electrons. The van der Waals surface area contributed by atoms with Crippen LogP contribution in [0.2, 0.25) is 0 Å². The van der Waals surface area contributed by atoms with Crippen LogP contribution in [0.25, 0.3) is 0 Å². The number of rotatable bonds is 5. The number of esters is 1. The first-order valence-electron chi connectivity index (χ1n) is 4.69. The van der Waals surface area contributed by atoms with Crippen LogP contribution in [0.4, 0.5) is 0 Å². The molecule has 0 aromatic carbocycles. The molecule has 3 heteroatoms. The average Bonchev–Trinajstić information content (AvgIpc) is 2.03. The second kappa shape index (κ2) is 6.66. The molecule has 0 spiro atoms. The van der Waals surface area contributed by atoms with Crippen LogP contribution in [0.5, 0.6) is 0 Å². The molecular weight excluding hydrogens is 166 g/mol. The highest BCUT2D eigenvalue weighted by Gasteiger charge is 2.05. The highest BCUT2D eigenvalue weighted by atomic mass is 16.5. The van der Waals surface area contributed by atoms with Gasteiger partial charge in [0.2, 0.25) is 0 Å². The largest absolute Gasteiger partial charge is 0.462 e. The van der Waals surface area contributed by atoms with E-state index in [9.17, 15) is 4.79 Å². The van der Waals surface area contributed by atoms with Crippen LogP contribution >= 0.6 is 0 Å². The van der Waals surface area contributed by atoms with E-state index in [1.54, 1.807) is 13.0 Å². The molecule has 0 fully saturated rings. The van der Waals surface area contributed by atoms with Gasteiger partial charge in [-0.3, -0.25) is 0 Å². The van der Waals surface area contributed by atoms with Gasteiger partial charge in [-0.25, -0.2) is 4.79 Å². The van der Waals surface area contributed by atoms with Gasteiger partial charge in [0.25, 0.3) is 0 Å². The molecule has 0 rings (SSSR count). The van der Waals surface area contributed by atoms with Gasteiger partial charge in [-0.15, -0.1) is 0 Å². The Morgan fingerprint density at radius 1 is 1.62 bits per heavy atom. The van der Waals surface area contributed by atoms with Gasteiger partial charge in [0, 0.05) is 11.6 Å². The first-order chi connectivity index (χ1) is 6.07. The summed E-state index contributed by atoms with van der Waals surface area (Å²) in [6.07, 6.45) is 3.65. The van der Waals surface area contributed by atoms with E-state index in [0.29, 0.717) is 12.2 Å².